The van der Waals surface area contributed by atoms with Crippen molar-refractivity contribution in [3.8, 4) is 67.5 Å². The van der Waals surface area contributed by atoms with Gasteiger partial charge in [0.25, 0.3) is 0 Å². The molecule has 0 unspecified atom stereocenters. The van der Waals surface area contributed by atoms with E-state index in [-0.39, 0.29) is 0 Å². The van der Waals surface area contributed by atoms with Crippen LogP contribution < -0.4 is 0 Å². The SMILES string of the molecule is c1ccc(-c2cc(-c3ccccc3)cc(-c3nc(-c4ccccc4)nc(-c4ccc(-c5ccc6c(c5)sc5ccccc56)c5c4oc4ccccc45)n3)c2)cc1. The summed E-state index contributed by atoms with van der Waals surface area (Å²) in [6.07, 6.45) is 0. The van der Waals surface area contributed by atoms with E-state index in [0.717, 1.165) is 72.0 Å². The number of thiophene rings is 1. The van der Waals surface area contributed by atoms with Crippen LogP contribution in [0.25, 0.3) is 110 Å². The van der Waals surface area contributed by atoms with Gasteiger partial charge < -0.3 is 4.42 Å². The maximum absolute atomic E-state index is 6.78. The van der Waals surface area contributed by atoms with Gasteiger partial charge in [0.15, 0.2) is 17.5 Å². The molecule has 56 heavy (non-hydrogen) atoms. The molecule has 0 aliphatic rings. The van der Waals surface area contributed by atoms with Crippen LogP contribution in [0.4, 0.5) is 0 Å². The molecule has 0 N–H and O–H groups in total. The van der Waals surface area contributed by atoms with E-state index in [2.05, 4.69) is 133 Å². The van der Waals surface area contributed by atoms with E-state index in [4.69, 9.17) is 19.4 Å². The quantitative estimate of drug-likeness (QED) is 0.171. The van der Waals surface area contributed by atoms with Crippen LogP contribution in [0, 0.1) is 0 Å². The minimum Gasteiger partial charge on any atom is -0.455 e. The molecule has 8 aromatic carbocycles. The highest BCUT2D eigenvalue weighted by Gasteiger charge is 2.22. The van der Waals surface area contributed by atoms with Crippen molar-refractivity contribution in [2.75, 3.05) is 0 Å². The molecular formula is C51H31N3OS. The Labute approximate surface area is 327 Å². The lowest BCUT2D eigenvalue weighted by atomic mass is 9.95. The Morgan fingerprint density at radius 1 is 0.339 bits per heavy atom. The molecular weight excluding hydrogens is 703 g/mol. The summed E-state index contributed by atoms with van der Waals surface area (Å²) in [4.78, 5) is 15.6. The van der Waals surface area contributed by atoms with Gasteiger partial charge in [-0.25, -0.2) is 15.0 Å². The number of aromatic nitrogens is 3. The van der Waals surface area contributed by atoms with Crippen molar-refractivity contribution in [2.24, 2.45) is 0 Å². The van der Waals surface area contributed by atoms with Gasteiger partial charge in [-0.3, -0.25) is 0 Å². The first-order valence-electron chi connectivity index (χ1n) is 18.7. The molecule has 0 amide bonds. The van der Waals surface area contributed by atoms with Gasteiger partial charge in [0.05, 0.1) is 5.56 Å². The molecule has 0 bridgehead atoms. The molecule has 5 heteroatoms. The minimum absolute atomic E-state index is 0.552. The Morgan fingerprint density at radius 2 is 0.875 bits per heavy atom. The van der Waals surface area contributed by atoms with Gasteiger partial charge in [-0.2, -0.15) is 0 Å². The van der Waals surface area contributed by atoms with Crippen LogP contribution in [0.1, 0.15) is 0 Å². The summed E-state index contributed by atoms with van der Waals surface area (Å²) in [7, 11) is 0. The molecule has 3 aromatic heterocycles. The predicted molar refractivity (Wildman–Crippen MR) is 233 cm³/mol. The lowest BCUT2D eigenvalue weighted by Crippen LogP contribution is -2.01. The maximum Gasteiger partial charge on any atom is 0.167 e. The zero-order valence-corrected chi connectivity index (χ0v) is 30.9. The average molecular weight is 734 g/mol. The summed E-state index contributed by atoms with van der Waals surface area (Å²) in [5, 5.41) is 4.66. The van der Waals surface area contributed by atoms with Gasteiger partial charge in [-0.1, -0.05) is 146 Å². The lowest BCUT2D eigenvalue weighted by molar-refractivity contribution is 0.669. The van der Waals surface area contributed by atoms with Crippen molar-refractivity contribution in [3.63, 3.8) is 0 Å². The van der Waals surface area contributed by atoms with E-state index in [1.165, 1.54) is 20.2 Å². The molecule has 11 aromatic rings. The Balaban J connectivity index is 1.14. The van der Waals surface area contributed by atoms with Crippen molar-refractivity contribution < 1.29 is 4.42 Å². The van der Waals surface area contributed by atoms with Crippen LogP contribution in [-0.4, -0.2) is 15.0 Å². The first-order valence-corrected chi connectivity index (χ1v) is 19.5. The van der Waals surface area contributed by atoms with Crippen LogP contribution in [-0.2, 0) is 0 Å². The number of rotatable bonds is 6. The third-order valence-corrected chi connectivity index (χ3v) is 11.7. The van der Waals surface area contributed by atoms with E-state index >= 15 is 0 Å². The fraction of sp³-hybridized carbons (Fsp3) is 0. The number of para-hydroxylation sites is 1. The summed E-state index contributed by atoms with van der Waals surface area (Å²) >= 11 is 1.83. The summed E-state index contributed by atoms with van der Waals surface area (Å²) in [5.41, 5.74) is 10.9. The molecule has 0 spiro atoms. The zero-order chi connectivity index (χ0) is 37.0. The number of benzene rings is 8. The fourth-order valence-corrected chi connectivity index (χ4v) is 8.98. The minimum atomic E-state index is 0.552. The van der Waals surface area contributed by atoms with Crippen molar-refractivity contribution >= 4 is 53.4 Å². The van der Waals surface area contributed by atoms with Crippen LogP contribution in [0.3, 0.4) is 0 Å². The Bertz CT molecular complexity index is 3180. The maximum atomic E-state index is 6.78. The van der Waals surface area contributed by atoms with Crippen LogP contribution in [0.2, 0.25) is 0 Å². The molecule has 0 saturated heterocycles. The molecule has 262 valence electrons. The highest BCUT2D eigenvalue weighted by molar-refractivity contribution is 7.25. The van der Waals surface area contributed by atoms with Gasteiger partial charge in [0, 0.05) is 42.1 Å². The van der Waals surface area contributed by atoms with Crippen LogP contribution in [0.5, 0.6) is 0 Å². The van der Waals surface area contributed by atoms with Crippen molar-refractivity contribution in [2.45, 2.75) is 0 Å². The first-order chi connectivity index (χ1) is 27.7. The lowest BCUT2D eigenvalue weighted by Gasteiger charge is -2.13. The van der Waals surface area contributed by atoms with Gasteiger partial charge in [0.2, 0.25) is 0 Å². The second kappa shape index (κ2) is 13.3. The zero-order valence-electron chi connectivity index (χ0n) is 30.1. The third-order valence-electron chi connectivity index (χ3n) is 10.5. The summed E-state index contributed by atoms with van der Waals surface area (Å²) in [5.74, 6) is 1.74. The molecule has 0 aliphatic heterocycles. The Kier molecular flexibility index (Phi) is 7.64. The predicted octanol–water partition coefficient (Wildman–Crippen LogP) is 14.1. The van der Waals surface area contributed by atoms with Crippen molar-refractivity contribution in [3.05, 3.63) is 188 Å². The summed E-state index contributed by atoms with van der Waals surface area (Å²) in [6, 6.07) is 65.7. The fourth-order valence-electron chi connectivity index (χ4n) is 7.83. The van der Waals surface area contributed by atoms with E-state index in [0.29, 0.717) is 17.5 Å². The standard InChI is InChI=1S/C51H31N3OS/c1-4-14-32(15-5-1)36-28-37(33-16-6-2-7-17-33)30-38(29-36)50-52-49(34-18-8-3-9-19-34)53-51(54-50)43-27-26-39(47-42-21-10-12-22-44(42)55-48(43)47)35-24-25-41-40-20-11-13-23-45(40)56-46(41)31-35/h1-31H. The largest absolute Gasteiger partial charge is 0.455 e. The molecule has 0 fully saturated rings. The molecule has 11 rings (SSSR count). The highest BCUT2D eigenvalue weighted by atomic mass is 32.1. The van der Waals surface area contributed by atoms with E-state index < -0.39 is 0 Å². The first kappa shape index (κ1) is 32.2. The Hall–Kier alpha value is -7.21. The summed E-state index contributed by atoms with van der Waals surface area (Å²) < 4.78 is 9.33. The second-order valence-electron chi connectivity index (χ2n) is 14.0. The van der Waals surface area contributed by atoms with Gasteiger partial charge in [-0.05, 0) is 75.8 Å². The normalized spacial score (nSPS) is 11.6. The summed E-state index contributed by atoms with van der Waals surface area (Å²) in [6.45, 7) is 0. The topological polar surface area (TPSA) is 51.8 Å². The smallest absolute Gasteiger partial charge is 0.167 e. The third kappa shape index (κ3) is 5.56. The van der Waals surface area contributed by atoms with Gasteiger partial charge >= 0.3 is 0 Å². The monoisotopic (exact) mass is 733 g/mol. The van der Waals surface area contributed by atoms with Gasteiger partial charge in [0.1, 0.15) is 11.2 Å². The van der Waals surface area contributed by atoms with Crippen LogP contribution in [0.15, 0.2) is 192 Å². The van der Waals surface area contributed by atoms with Crippen molar-refractivity contribution in [1.29, 1.82) is 0 Å². The number of nitrogens with zero attached hydrogens (tertiary/aromatic N) is 3. The average Bonchev–Trinajstić information content (AvgIpc) is 3.85. The van der Waals surface area contributed by atoms with Crippen molar-refractivity contribution in [1.82, 2.24) is 15.0 Å². The highest BCUT2D eigenvalue weighted by Crippen LogP contribution is 2.44. The van der Waals surface area contributed by atoms with E-state index in [1.54, 1.807) is 0 Å². The van der Waals surface area contributed by atoms with E-state index in [9.17, 15) is 0 Å². The number of furan rings is 1. The molecule has 4 nitrogen and oxygen atoms in total. The second-order valence-corrected chi connectivity index (χ2v) is 15.1. The number of hydrogen-bond donors (Lipinski definition) is 0. The number of fused-ring (bicyclic) bond motifs is 6. The van der Waals surface area contributed by atoms with Crippen LogP contribution >= 0.6 is 11.3 Å². The van der Waals surface area contributed by atoms with Gasteiger partial charge in [-0.15, -0.1) is 11.3 Å². The Morgan fingerprint density at radius 3 is 1.59 bits per heavy atom. The molecule has 0 saturated carbocycles. The number of hydrogen-bond acceptors (Lipinski definition) is 5. The molecule has 3 heterocycles. The molecule has 0 radical (unpaired) electrons. The van der Waals surface area contributed by atoms with E-state index in [1.807, 2.05) is 65.9 Å². The molecule has 0 atom stereocenters. The molecule has 0 aliphatic carbocycles.